The van der Waals surface area contributed by atoms with Gasteiger partial charge in [0, 0.05) is 88.4 Å². The Kier molecular flexibility index (Phi) is 6.30. The van der Waals surface area contributed by atoms with E-state index in [0.717, 1.165) is 33.3 Å². The minimum atomic E-state index is -0.155. The molecule has 0 aliphatic carbocycles. The molecule has 0 bridgehead atoms. The van der Waals surface area contributed by atoms with Gasteiger partial charge in [-0.05, 0) is 88.1 Å². The van der Waals surface area contributed by atoms with E-state index >= 15 is 0 Å². The lowest BCUT2D eigenvalue weighted by Gasteiger charge is -2.46. The monoisotopic (exact) mass is 848 g/mol. The predicted molar refractivity (Wildman–Crippen MR) is 281 cm³/mol. The summed E-state index contributed by atoms with van der Waals surface area (Å²) in [5.41, 5.74) is 24.2. The second kappa shape index (κ2) is 12.2. The molecule has 4 aliphatic rings. The van der Waals surface area contributed by atoms with Crippen LogP contribution in [-0.2, 0) is 0 Å². The van der Waals surface area contributed by atoms with Gasteiger partial charge in [0.1, 0.15) is 11.2 Å². The van der Waals surface area contributed by atoms with E-state index in [9.17, 15) is 0 Å². The number of hydrogen-bond acceptors (Lipinski definition) is 3. The van der Waals surface area contributed by atoms with Gasteiger partial charge >= 0.3 is 13.7 Å². The second-order valence-corrected chi connectivity index (χ2v) is 18.7. The molecule has 10 aromatic carbocycles. The summed E-state index contributed by atoms with van der Waals surface area (Å²) in [4.78, 5) is 5.20. The number of nitrogens with zero attached hydrogens (tertiary/aromatic N) is 4. The summed E-state index contributed by atoms with van der Waals surface area (Å²) in [5.74, 6) is 0. The van der Waals surface area contributed by atoms with Crippen molar-refractivity contribution >= 4 is 135 Å². The third-order valence-electron chi connectivity index (χ3n) is 15.6. The molecule has 0 fully saturated rings. The maximum atomic E-state index is 6.77. The number of para-hydroxylation sites is 7. The Morgan fingerprint density at radius 2 is 0.910 bits per heavy atom. The summed E-state index contributed by atoms with van der Waals surface area (Å²) in [6.07, 6.45) is 0. The molecular weight excluding hydrogens is 814 g/mol. The molecule has 0 spiro atoms. The number of hydrogen-bond donors (Lipinski definition) is 0. The van der Waals surface area contributed by atoms with Gasteiger partial charge in [0.05, 0.1) is 16.8 Å². The second-order valence-electron chi connectivity index (χ2n) is 18.7. The highest BCUT2D eigenvalue weighted by Gasteiger charge is 2.50. The van der Waals surface area contributed by atoms with Gasteiger partial charge in [0.2, 0.25) is 0 Å². The number of benzene rings is 10. The van der Waals surface area contributed by atoms with Gasteiger partial charge < -0.3 is 23.2 Å². The molecule has 3 aromatic heterocycles. The Morgan fingerprint density at radius 1 is 0.358 bits per heavy atom. The molecule has 0 saturated carbocycles. The van der Waals surface area contributed by atoms with E-state index in [-0.39, 0.29) is 13.7 Å². The third kappa shape index (κ3) is 4.08. The molecule has 67 heavy (non-hydrogen) atoms. The van der Waals surface area contributed by atoms with Gasteiger partial charge in [0.15, 0.2) is 0 Å². The lowest BCUT2D eigenvalue weighted by atomic mass is 9.41. The largest absolute Gasteiger partial charge is 0.456 e. The van der Waals surface area contributed by atoms with Crippen LogP contribution in [0.3, 0.4) is 0 Å². The molecule has 13 aromatic rings. The predicted octanol–water partition coefficient (Wildman–Crippen LogP) is 12.6. The van der Waals surface area contributed by atoms with Crippen LogP contribution < -0.4 is 31.7 Å². The lowest BCUT2D eigenvalue weighted by Crippen LogP contribution is -2.61. The lowest BCUT2D eigenvalue weighted by molar-refractivity contribution is 0.669. The molecular formula is C60H34B2N4O. The summed E-state index contributed by atoms with van der Waals surface area (Å²) >= 11 is 0. The van der Waals surface area contributed by atoms with E-state index in [1.54, 1.807) is 0 Å². The average Bonchev–Trinajstić information content (AvgIpc) is 4.06. The van der Waals surface area contributed by atoms with Gasteiger partial charge in [-0.25, -0.2) is 0 Å². The number of aromatic nitrogens is 2. The zero-order chi connectivity index (χ0) is 43.2. The van der Waals surface area contributed by atoms with E-state index in [0.29, 0.717) is 0 Å². The van der Waals surface area contributed by atoms with E-state index in [2.05, 4.69) is 225 Å². The standard InChI is InChI=1S/C60H34B2N4O/c1-3-16-35(17-4-1)63-49-30-15-23-39-42-26-13-24-40-37-20-7-10-28-47(37)65(57(40)42)62(55(39)49)46-34-50-56-54(60(46)63)44-27-14-25-41-38-21-8-11-29-48(38)66(58(41)44)61(56)45-32-33-52-53(43-22-9-12-31-51(43)67-52)59(45)64(50)36-18-5-2-6-19-36/h1-34H. The highest BCUT2D eigenvalue weighted by molar-refractivity contribution is 6.93. The van der Waals surface area contributed by atoms with Gasteiger partial charge in [-0.1, -0.05) is 146 Å². The first kappa shape index (κ1) is 34.7. The van der Waals surface area contributed by atoms with Crippen LogP contribution in [0.4, 0.5) is 34.1 Å². The summed E-state index contributed by atoms with van der Waals surface area (Å²) < 4.78 is 12.1. The Bertz CT molecular complexity index is 4380. The van der Waals surface area contributed by atoms with Gasteiger partial charge in [-0.15, -0.1) is 0 Å². The van der Waals surface area contributed by atoms with Crippen LogP contribution in [0.5, 0.6) is 0 Å². The summed E-state index contributed by atoms with van der Waals surface area (Å²) in [7, 11) is 0. The number of furan rings is 1. The van der Waals surface area contributed by atoms with Crippen molar-refractivity contribution in [2.24, 2.45) is 0 Å². The van der Waals surface area contributed by atoms with Crippen molar-refractivity contribution in [1.82, 2.24) is 8.96 Å². The minimum Gasteiger partial charge on any atom is -0.456 e. The summed E-state index contributed by atoms with van der Waals surface area (Å²) in [5, 5.41) is 7.37. The van der Waals surface area contributed by atoms with Crippen LogP contribution in [0.1, 0.15) is 0 Å². The van der Waals surface area contributed by atoms with Crippen molar-refractivity contribution in [3.63, 3.8) is 0 Å². The normalized spacial score (nSPS) is 13.9. The fourth-order valence-electron chi connectivity index (χ4n) is 13.3. The molecule has 306 valence electrons. The van der Waals surface area contributed by atoms with E-state index in [1.807, 2.05) is 0 Å². The van der Waals surface area contributed by atoms with Crippen molar-refractivity contribution in [2.45, 2.75) is 0 Å². The third-order valence-corrected chi connectivity index (χ3v) is 15.6. The number of fused-ring (bicyclic) bond motifs is 19. The topological polar surface area (TPSA) is 29.5 Å². The maximum Gasteiger partial charge on any atom is 0.333 e. The smallest absolute Gasteiger partial charge is 0.333 e. The van der Waals surface area contributed by atoms with Crippen molar-refractivity contribution < 1.29 is 4.42 Å². The SMILES string of the molecule is c1ccc(N2c3cccc4c3B(c3cc5c6c(c32)-c2cccc3c7ccccc7n(c23)B6c2ccc3oc6ccccc6c3c2N5c2ccccc2)n2c3ccccc3c3cccc-4c32)cc1. The number of anilines is 6. The Morgan fingerprint density at radius 3 is 1.63 bits per heavy atom. The van der Waals surface area contributed by atoms with Gasteiger partial charge in [-0.2, -0.15) is 0 Å². The molecule has 0 saturated heterocycles. The molecule has 5 nitrogen and oxygen atoms in total. The molecule has 0 radical (unpaired) electrons. The summed E-state index contributed by atoms with van der Waals surface area (Å²) in [6, 6.07) is 76.9. The van der Waals surface area contributed by atoms with Crippen LogP contribution in [0.15, 0.2) is 211 Å². The molecule has 7 heteroatoms. The molecule has 0 atom stereocenters. The maximum absolute atomic E-state index is 6.77. The first-order chi connectivity index (χ1) is 33.3. The first-order valence-electron chi connectivity index (χ1n) is 23.3. The molecule has 17 rings (SSSR count). The van der Waals surface area contributed by atoms with Gasteiger partial charge in [0.25, 0.3) is 0 Å². The highest BCUT2D eigenvalue weighted by Crippen LogP contribution is 2.54. The van der Waals surface area contributed by atoms with Gasteiger partial charge in [-0.3, -0.25) is 0 Å². The zero-order valence-electron chi connectivity index (χ0n) is 36.0. The zero-order valence-corrected chi connectivity index (χ0v) is 36.0. The van der Waals surface area contributed by atoms with E-state index in [4.69, 9.17) is 4.42 Å². The molecule has 0 unspecified atom stereocenters. The quantitative estimate of drug-likeness (QED) is 0.162. The molecule has 4 aliphatic heterocycles. The van der Waals surface area contributed by atoms with Crippen molar-refractivity contribution in [3.05, 3.63) is 206 Å². The van der Waals surface area contributed by atoms with Crippen molar-refractivity contribution in [1.29, 1.82) is 0 Å². The Balaban J connectivity index is 1.13. The average molecular weight is 849 g/mol. The fraction of sp³-hybridized carbons (Fsp3) is 0. The highest BCUT2D eigenvalue weighted by atomic mass is 16.3. The molecule has 0 amide bonds. The molecule has 7 heterocycles. The molecule has 0 N–H and O–H groups in total. The van der Waals surface area contributed by atoms with Crippen LogP contribution >= 0.6 is 0 Å². The van der Waals surface area contributed by atoms with E-state index in [1.165, 1.54) is 110 Å². The van der Waals surface area contributed by atoms with E-state index < -0.39 is 0 Å². The fourth-order valence-corrected chi connectivity index (χ4v) is 13.3. The van der Waals surface area contributed by atoms with Crippen molar-refractivity contribution in [2.75, 3.05) is 9.80 Å². The Labute approximate surface area is 385 Å². The van der Waals surface area contributed by atoms with Crippen LogP contribution in [0.2, 0.25) is 0 Å². The Hall–Kier alpha value is -8.67. The van der Waals surface area contributed by atoms with Crippen LogP contribution in [-0.4, -0.2) is 22.7 Å². The number of rotatable bonds is 2. The van der Waals surface area contributed by atoms with Crippen molar-refractivity contribution in [3.8, 4) is 22.3 Å². The van der Waals surface area contributed by atoms with Crippen LogP contribution in [0.25, 0.3) is 87.8 Å². The minimum absolute atomic E-state index is 0.130. The van der Waals surface area contributed by atoms with Crippen LogP contribution in [0, 0.1) is 0 Å². The first-order valence-corrected chi connectivity index (χ1v) is 23.3. The summed E-state index contributed by atoms with van der Waals surface area (Å²) in [6.45, 7) is -0.285.